The van der Waals surface area contributed by atoms with Gasteiger partial charge < -0.3 is 0 Å². The summed E-state index contributed by atoms with van der Waals surface area (Å²) in [6.07, 6.45) is 1.36. The fourth-order valence-corrected chi connectivity index (χ4v) is 3.90. The smallest absolute Gasteiger partial charge is 0.232 e. The Morgan fingerprint density at radius 2 is 1.81 bits per heavy atom. The van der Waals surface area contributed by atoms with Crippen molar-refractivity contribution in [2.75, 3.05) is 10.5 Å². The van der Waals surface area contributed by atoms with Gasteiger partial charge in [-0.05, 0) is 59.0 Å². The molecule has 0 aliphatic rings. The van der Waals surface area contributed by atoms with E-state index < -0.39 is 10.0 Å². The monoisotopic (exact) mass is 367 g/mol. The Morgan fingerprint density at radius 1 is 1.10 bits per heavy atom. The number of benzene rings is 2. The summed E-state index contributed by atoms with van der Waals surface area (Å²) in [6, 6.07) is 15.4. The molecule has 0 unspecified atom stereocenters. The lowest BCUT2D eigenvalue weighted by Gasteiger charge is -2.10. The molecule has 3 nitrogen and oxygen atoms in total. The molecule has 0 atom stereocenters. The summed E-state index contributed by atoms with van der Waals surface area (Å²) in [7, 11) is -3.32. The number of rotatable bonds is 6. The summed E-state index contributed by atoms with van der Waals surface area (Å²) < 4.78 is 27.6. The lowest BCUT2D eigenvalue weighted by Crippen LogP contribution is -2.17. The van der Waals surface area contributed by atoms with Crippen LogP contribution in [0.2, 0.25) is 0 Å². The molecule has 1 N–H and O–H groups in total. The van der Waals surface area contributed by atoms with Gasteiger partial charge in [0.2, 0.25) is 10.0 Å². The zero-order valence-corrected chi connectivity index (χ0v) is 14.2. The average molecular weight is 368 g/mol. The number of hydrogen-bond acceptors (Lipinski definition) is 2. The molecule has 0 aliphatic heterocycles. The molecule has 2 aromatic carbocycles. The molecule has 2 rings (SSSR count). The first-order valence-electron chi connectivity index (χ1n) is 6.77. The summed E-state index contributed by atoms with van der Waals surface area (Å²) in [5, 5.41) is 0. The maximum atomic E-state index is 12.1. The molecule has 112 valence electrons. The standard InChI is InChI=1S/C16H18BrNO2S/c1-13-9-10-16(15(17)12-13)18-21(19,20)11-5-8-14-6-3-2-4-7-14/h2-4,6-7,9-10,12,18H,5,8,11H2,1H3. The molecular formula is C16H18BrNO2S. The van der Waals surface area contributed by atoms with Crippen LogP contribution >= 0.6 is 15.9 Å². The second-order valence-electron chi connectivity index (χ2n) is 4.99. The third-order valence-corrected chi connectivity index (χ3v) is 5.12. The summed E-state index contributed by atoms with van der Waals surface area (Å²) in [6.45, 7) is 1.96. The molecule has 0 bridgehead atoms. The van der Waals surface area contributed by atoms with Crippen molar-refractivity contribution in [3.8, 4) is 0 Å². The highest BCUT2D eigenvalue weighted by Gasteiger charge is 2.12. The van der Waals surface area contributed by atoms with Gasteiger partial charge in [-0.1, -0.05) is 36.4 Å². The van der Waals surface area contributed by atoms with Gasteiger partial charge in [0, 0.05) is 4.47 Å². The Balaban J connectivity index is 1.93. The highest BCUT2D eigenvalue weighted by molar-refractivity contribution is 9.10. The van der Waals surface area contributed by atoms with Gasteiger partial charge in [-0.2, -0.15) is 0 Å². The quantitative estimate of drug-likeness (QED) is 0.833. The van der Waals surface area contributed by atoms with Crippen LogP contribution in [0.1, 0.15) is 17.5 Å². The number of aryl methyl sites for hydroxylation is 2. The number of anilines is 1. The van der Waals surface area contributed by atoms with Crippen LogP contribution in [0.5, 0.6) is 0 Å². The van der Waals surface area contributed by atoms with Crippen molar-refractivity contribution in [1.29, 1.82) is 0 Å². The summed E-state index contributed by atoms with van der Waals surface area (Å²) >= 11 is 3.38. The number of sulfonamides is 1. The normalized spacial score (nSPS) is 11.3. The van der Waals surface area contributed by atoms with E-state index in [-0.39, 0.29) is 5.75 Å². The summed E-state index contributed by atoms with van der Waals surface area (Å²) in [5.41, 5.74) is 2.82. The Hall–Kier alpha value is -1.33. The van der Waals surface area contributed by atoms with Gasteiger partial charge in [-0.3, -0.25) is 4.72 Å². The summed E-state index contributed by atoms with van der Waals surface area (Å²) in [4.78, 5) is 0. The van der Waals surface area contributed by atoms with Crippen molar-refractivity contribution < 1.29 is 8.42 Å². The van der Waals surface area contributed by atoms with E-state index in [0.29, 0.717) is 12.1 Å². The Kier molecular flexibility index (Phi) is 5.42. The zero-order valence-electron chi connectivity index (χ0n) is 11.8. The molecule has 0 fully saturated rings. The van der Waals surface area contributed by atoms with Crippen LogP contribution < -0.4 is 4.72 Å². The maximum Gasteiger partial charge on any atom is 0.232 e. The van der Waals surface area contributed by atoms with E-state index in [2.05, 4.69) is 20.7 Å². The first kappa shape index (κ1) is 16.0. The van der Waals surface area contributed by atoms with Crippen LogP contribution in [-0.2, 0) is 16.4 Å². The van der Waals surface area contributed by atoms with Gasteiger partial charge in [0.15, 0.2) is 0 Å². The van der Waals surface area contributed by atoms with E-state index in [9.17, 15) is 8.42 Å². The van der Waals surface area contributed by atoms with E-state index >= 15 is 0 Å². The topological polar surface area (TPSA) is 46.2 Å². The number of hydrogen-bond donors (Lipinski definition) is 1. The molecule has 5 heteroatoms. The molecule has 0 aliphatic carbocycles. The first-order chi connectivity index (χ1) is 9.96. The van der Waals surface area contributed by atoms with Crippen LogP contribution in [-0.4, -0.2) is 14.2 Å². The second kappa shape index (κ2) is 7.09. The Morgan fingerprint density at radius 3 is 2.48 bits per heavy atom. The van der Waals surface area contributed by atoms with Crippen molar-refractivity contribution >= 4 is 31.6 Å². The van der Waals surface area contributed by atoms with Crippen molar-refractivity contribution in [2.45, 2.75) is 19.8 Å². The SMILES string of the molecule is Cc1ccc(NS(=O)(=O)CCCc2ccccc2)c(Br)c1. The first-order valence-corrected chi connectivity index (χ1v) is 9.21. The highest BCUT2D eigenvalue weighted by atomic mass is 79.9. The van der Waals surface area contributed by atoms with Gasteiger partial charge in [0.1, 0.15) is 0 Å². The van der Waals surface area contributed by atoms with E-state index in [1.807, 2.05) is 49.4 Å². The van der Waals surface area contributed by atoms with Gasteiger partial charge in [0.05, 0.1) is 11.4 Å². The molecule has 0 saturated carbocycles. The van der Waals surface area contributed by atoms with Gasteiger partial charge >= 0.3 is 0 Å². The van der Waals surface area contributed by atoms with Crippen LogP contribution in [0.3, 0.4) is 0 Å². The average Bonchev–Trinajstić information content (AvgIpc) is 2.43. The van der Waals surface area contributed by atoms with Crippen molar-refractivity contribution in [2.24, 2.45) is 0 Å². The molecule has 21 heavy (non-hydrogen) atoms. The molecular weight excluding hydrogens is 350 g/mol. The maximum absolute atomic E-state index is 12.1. The molecule has 0 radical (unpaired) electrons. The fourth-order valence-electron chi connectivity index (χ4n) is 2.03. The van der Waals surface area contributed by atoms with Crippen LogP contribution in [0, 0.1) is 6.92 Å². The Labute approximate surface area is 134 Å². The van der Waals surface area contributed by atoms with Gasteiger partial charge in [-0.15, -0.1) is 0 Å². The van der Waals surface area contributed by atoms with Crippen molar-refractivity contribution in [3.63, 3.8) is 0 Å². The number of nitrogens with one attached hydrogen (secondary N) is 1. The van der Waals surface area contributed by atoms with Crippen LogP contribution in [0.25, 0.3) is 0 Å². The van der Waals surface area contributed by atoms with Crippen LogP contribution in [0.4, 0.5) is 5.69 Å². The molecule has 0 aromatic heterocycles. The molecule has 0 amide bonds. The minimum absolute atomic E-state index is 0.113. The molecule has 0 heterocycles. The molecule has 2 aromatic rings. The third-order valence-electron chi connectivity index (χ3n) is 3.11. The van der Waals surface area contributed by atoms with Crippen molar-refractivity contribution in [3.05, 3.63) is 64.1 Å². The second-order valence-corrected chi connectivity index (χ2v) is 7.69. The summed E-state index contributed by atoms with van der Waals surface area (Å²) in [5.74, 6) is 0.113. The Bertz CT molecular complexity index is 699. The zero-order chi connectivity index (χ0) is 15.3. The van der Waals surface area contributed by atoms with E-state index in [1.165, 1.54) is 0 Å². The predicted octanol–water partition coefficient (Wildman–Crippen LogP) is 4.13. The van der Waals surface area contributed by atoms with Crippen molar-refractivity contribution in [1.82, 2.24) is 0 Å². The van der Waals surface area contributed by atoms with Gasteiger partial charge in [0.25, 0.3) is 0 Å². The predicted molar refractivity (Wildman–Crippen MR) is 91.1 cm³/mol. The molecule has 0 saturated heterocycles. The fraction of sp³-hybridized carbons (Fsp3) is 0.250. The van der Waals surface area contributed by atoms with E-state index in [0.717, 1.165) is 22.0 Å². The van der Waals surface area contributed by atoms with E-state index in [1.54, 1.807) is 6.07 Å². The lowest BCUT2D eigenvalue weighted by molar-refractivity contribution is 0.598. The lowest BCUT2D eigenvalue weighted by atomic mass is 10.1. The highest BCUT2D eigenvalue weighted by Crippen LogP contribution is 2.24. The van der Waals surface area contributed by atoms with Crippen LogP contribution in [0.15, 0.2) is 53.0 Å². The minimum atomic E-state index is -3.32. The minimum Gasteiger partial charge on any atom is -0.282 e. The third kappa shape index (κ3) is 5.17. The van der Waals surface area contributed by atoms with E-state index in [4.69, 9.17) is 0 Å². The largest absolute Gasteiger partial charge is 0.282 e. The van der Waals surface area contributed by atoms with Gasteiger partial charge in [-0.25, -0.2) is 8.42 Å². The molecule has 0 spiro atoms. The number of halogens is 1.